The molecule has 0 unspecified atom stereocenters. The molecular weight excluding hydrogens is 294 g/mol. The van der Waals surface area contributed by atoms with E-state index in [1.807, 2.05) is 10.7 Å². The molecule has 3 amide bonds. The Balaban J connectivity index is 1.63. The summed E-state index contributed by atoms with van der Waals surface area (Å²) < 4.78 is 1.86. The minimum Gasteiger partial charge on any atom is -0.348 e. The molecular formula is C16H25N5O2. The summed E-state index contributed by atoms with van der Waals surface area (Å²) in [5, 5.41) is 10.3. The minimum atomic E-state index is -0.105. The zero-order valence-electron chi connectivity index (χ0n) is 13.7. The summed E-state index contributed by atoms with van der Waals surface area (Å²) in [4.78, 5) is 26.1. The van der Waals surface area contributed by atoms with Crippen molar-refractivity contribution in [3.63, 3.8) is 0 Å². The van der Waals surface area contributed by atoms with Crippen LogP contribution in [0.3, 0.4) is 0 Å². The van der Waals surface area contributed by atoms with Crippen LogP contribution < -0.4 is 10.6 Å². The van der Waals surface area contributed by atoms with Crippen LogP contribution in [-0.4, -0.2) is 45.8 Å². The highest BCUT2D eigenvalue weighted by atomic mass is 16.2. The van der Waals surface area contributed by atoms with E-state index < -0.39 is 0 Å². The van der Waals surface area contributed by atoms with Gasteiger partial charge in [-0.1, -0.05) is 13.3 Å². The van der Waals surface area contributed by atoms with E-state index in [4.69, 9.17) is 0 Å². The number of carbonyl (C=O) groups excluding carboxylic acids is 2. The third-order valence-electron chi connectivity index (χ3n) is 4.25. The van der Waals surface area contributed by atoms with E-state index in [1.165, 1.54) is 0 Å². The Kier molecular flexibility index (Phi) is 4.83. The molecule has 1 aromatic heterocycles. The molecule has 0 spiro atoms. The molecule has 0 saturated heterocycles. The lowest BCUT2D eigenvalue weighted by Crippen LogP contribution is -2.40. The van der Waals surface area contributed by atoms with Gasteiger partial charge in [0.1, 0.15) is 0 Å². The van der Waals surface area contributed by atoms with Gasteiger partial charge in [0.05, 0.1) is 12.2 Å². The first-order valence-electron chi connectivity index (χ1n) is 8.57. The van der Waals surface area contributed by atoms with Crippen molar-refractivity contribution >= 4 is 11.9 Å². The van der Waals surface area contributed by atoms with Crippen molar-refractivity contribution in [3.8, 4) is 0 Å². The lowest BCUT2D eigenvalue weighted by atomic mass is 10.3. The van der Waals surface area contributed by atoms with Gasteiger partial charge in [0.15, 0.2) is 5.69 Å². The zero-order chi connectivity index (χ0) is 16.2. The van der Waals surface area contributed by atoms with Gasteiger partial charge < -0.3 is 15.5 Å². The summed E-state index contributed by atoms with van der Waals surface area (Å²) in [7, 11) is 0. The van der Waals surface area contributed by atoms with Gasteiger partial charge in [-0.05, 0) is 31.7 Å². The molecule has 2 N–H and O–H groups in total. The number of rotatable bonds is 5. The topological polar surface area (TPSA) is 79.3 Å². The number of nitrogens with one attached hydrogen (secondary N) is 2. The number of unbranched alkanes of at least 4 members (excludes halogenated alkanes) is 1. The molecule has 7 nitrogen and oxygen atoms in total. The first-order valence-corrected chi connectivity index (χ1v) is 8.57. The first-order chi connectivity index (χ1) is 11.2. The van der Waals surface area contributed by atoms with Crippen molar-refractivity contribution in [3.05, 3.63) is 17.5 Å². The SMILES string of the molecule is CCCCNC(=O)N1CCCn2nc(C(=O)NC3CC3)cc2C1. The summed E-state index contributed by atoms with van der Waals surface area (Å²) in [5.41, 5.74) is 1.38. The van der Waals surface area contributed by atoms with Crippen LogP contribution in [0.4, 0.5) is 4.79 Å². The highest BCUT2D eigenvalue weighted by molar-refractivity contribution is 5.92. The Morgan fingerprint density at radius 3 is 2.91 bits per heavy atom. The number of fused-ring (bicyclic) bond motifs is 1. The van der Waals surface area contributed by atoms with Crippen LogP contribution in [0.15, 0.2) is 6.07 Å². The maximum Gasteiger partial charge on any atom is 0.317 e. The first kappa shape index (κ1) is 15.8. The fraction of sp³-hybridized carbons (Fsp3) is 0.688. The van der Waals surface area contributed by atoms with Gasteiger partial charge in [-0.15, -0.1) is 0 Å². The summed E-state index contributed by atoms with van der Waals surface area (Å²) in [5.74, 6) is -0.105. The molecule has 1 aromatic rings. The van der Waals surface area contributed by atoms with Crippen LogP contribution in [0, 0.1) is 0 Å². The molecule has 0 atom stereocenters. The molecule has 7 heteroatoms. The molecule has 2 heterocycles. The Labute approximate surface area is 136 Å². The summed E-state index contributed by atoms with van der Waals surface area (Å²) in [6.07, 6.45) is 5.02. The van der Waals surface area contributed by atoms with Gasteiger partial charge in [0.25, 0.3) is 5.91 Å². The molecule has 0 bridgehead atoms. The van der Waals surface area contributed by atoms with Gasteiger partial charge >= 0.3 is 6.03 Å². The number of hydrogen-bond acceptors (Lipinski definition) is 3. The second kappa shape index (κ2) is 7.02. The van der Waals surface area contributed by atoms with Gasteiger partial charge in [-0.25, -0.2) is 4.79 Å². The van der Waals surface area contributed by atoms with Crippen LogP contribution in [0.2, 0.25) is 0 Å². The summed E-state index contributed by atoms with van der Waals surface area (Å²) in [6.45, 7) is 4.77. The predicted molar refractivity (Wildman–Crippen MR) is 86.0 cm³/mol. The number of aromatic nitrogens is 2. The predicted octanol–water partition coefficient (Wildman–Crippen LogP) is 1.49. The minimum absolute atomic E-state index is 0.0305. The van der Waals surface area contributed by atoms with Gasteiger partial charge in [-0.2, -0.15) is 5.10 Å². The number of hydrogen-bond donors (Lipinski definition) is 2. The molecule has 23 heavy (non-hydrogen) atoms. The molecule has 126 valence electrons. The monoisotopic (exact) mass is 319 g/mol. The average molecular weight is 319 g/mol. The molecule has 1 saturated carbocycles. The third-order valence-corrected chi connectivity index (χ3v) is 4.25. The maximum atomic E-state index is 12.2. The molecule has 1 aliphatic heterocycles. The molecule has 3 rings (SSSR count). The van der Waals surface area contributed by atoms with Crippen molar-refractivity contribution in [1.82, 2.24) is 25.3 Å². The quantitative estimate of drug-likeness (QED) is 0.807. The zero-order valence-corrected chi connectivity index (χ0v) is 13.7. The lowest BCUT2D eigenvalue weighted by Gasteiger charge is -2.20. The van der Waals surface area contributed by atoms with Crippen molar-refractivity contribution in [2.45, 2.75) is 58.2 Å². The molecule has 1 aliphatic carbocycles. The van der Waals surface area contributed by atoms with Crippen LogP contribution in [0.1, 0.15) is 55.2 Å². The van der Waals surface area contributed by atoms with Crippen molar-refractivity contribution in [2.24, 2.45) is 0 Å². The van der Waals surface area contributed by atoms with Crippen LogP contribution in [-0.2, 0) is 13.1 Å². The Morgan fingerprint density at radius 1 is 1.35 bits per heavy atom. The lowest BCUT2D eigenvalue weighted by molar-refractivity contribution is 0.0945. The van der Waals surface area contributed by atoms with Crippen LogP contribution in [0.5, 0.6) is 0 Å². The second-order valence-corrected chi connectivity index (χ2v) is 6.35. The highest BCUT2D eigenvalue weighted by Crippen LogP contribution is 2.20. The van der Waals surface area contributed by atoms with Crippen molar-refractivity contribution < 1.29 is 9.59 Å². The van der Waals surface area contributed by atoms with Crippen LogP contribution >= 0.6 is 0 Å². The van der Waals surface area contributed by atoms with E-state index in [0.717, 1.165) is 44.3 Å². The van der Waals surface area contributed by atoms with E-state index in [0.29, 0.717) is 31.4 Å². The summed E-state index contributed by atoms with van der Waals surface area (Å²) in [6, 6.07) is 2.11. The smallest absolute Gasteiger partial charge is 0.317 e. The van der Waals surface area contributed by atoms with E-state index in [-0.39, 0.29) is 11.9 Å². The normalized spacial score (nSPS) is 17.3. The van der Waals surface area contributed by atoms with E-state index in [2.05, 4.69) is 22.7 Å². The van der Waals surface area contributed by atoms with E-state index in [1.54, 1.807) is 4.90 Å². The van der Waals surface area contributed by atoms with E-state index >= 15 is 0 Å². The third kappa shape index (κ3) is 4.03. The van der Waals surface area contributed by atoms with Gasteiger partial charge in [0, 0.05) is 25.7 Å². The largest absolute Gasteiger partial charge is 0.348 e. The second-order valence-electron chi connectivity index (χ2n) is 6.35. The van der Waals surface area contributed by atoms with Crippen molar-refractivity contribution in [2.75, 3.05) is 13.1 Å². The fourth-order valence-corrected chi connectivity index (χ4v) is 2.72. The van der Waals surface area contributed by atoms with E-state index in [9.17, 15) is 9.59 Å². The van der Waals surface area contributed by atoms with Crippen molar-refractivity contribution in [1.29, 1.82) is 0 Å². The number of urea groups is 1. The molecule has 0 radical (unpaired) electrons. The number of aryl methyl sites for hydroxylation is 1. The number of amides is 3. The highest BCUT2D eigenvalue weighted by Gasteiger charge is 2.26. The van der Waals surface area contributed by atoms with Gasteiger partial charge in [0.2, 0.25) is 0 Å². The standard InChI is InChI=1S/C16H25N5O2/c1-2-3-7-17-16(23)20-8-4-9-21-13(11-20)10-14(19-21)15(22)18-12-5-6-12/h10,12H,2-9,11H2,1H3,(H,17,23)(H,18,22). The summed E-state index contributed by atoms with van der Waals surface area (Å²) >= 11 is 0. The Morgan fingerprint density at radius 2 is 2.17 bits per heavy atom. The molecule has 1 fully saturated rings. The average Bonchev–Trinajstić information content (AvgIpc) is 3.29. The maximum absolute atomic E-state index is 12.2. The van der Waals surface area contributed by atoms with Gasteiger partial charge in [-0.3, -0.25) is 9.48 Å². The fourth-order valence-electron chi connectivity index (χ4n) is 2.72. The molecule has 0 aromatic carbocycles. The molecule has 2 aliphatic rings. The Hall–Kier alpha value is -2.05. The van der Waals surface area contributed by atoms with Crippen LogP contribution in [0.25, 0.3) is 0 Å². The number of carbonyl (C=O) groups is 2. The number of nitrogens with zero attached hydrogens (tertiary/aromatic N) is 3. The Bertz CT molecular complexity index is 579.